The zero-order valence-corrected chi connectivity index (χ0v) is 15.4. The van der Waals surface area contributed by atoms with Crippen LogP contribution in [-0.4, -0.2) is 39.5 Å². The zero-order chi connectivity index (χ0) is 18.5. The maximum Gasteiger partial charge on any atom is 0.416 e. The average molecular weight is 399 g/mol. The summed E-state index contributed by atoms with van der Waals surface area (Å²) in [5, 5.41) is -0.229. The van der Waals surface area contributed by atoms with Crippen LogP contribution < -0.4 is 4.72 Å². The Morgan fingerprint density at radius 2 is 1.76 bits per heavy atom. The van der Waals surface area contributed by atoms with Gasteiger partial charge < -0.3 is 4.90 Å². The van der Waals surface area contributed by atoms with Crippen molar-refractivity contribution in [3.63, 3.8) is 0 Å². The number of nitrogens with zero attached hydrogens (tertiary/aromatic N) is 1. The summed E-state index contributed by atoms with van der Waals surface area (Å²) in [4.78, 5) is 1.75. The molecule has 0 unspecified atom stereocenters. The van der Waals surface area contributed by atoms with E-state index in [2.05, 4.69) is 9.62 Å². The average Bonchev–Trinajstić information content (AvgIpc) is 2.79. The van der Waals surface area contributed by atoms with Crippen molar-refractivity contribution in [2.45, 2.75) is 43.2 Å². The van der Waals surface area contributed by atoms with E-state index in [1.165, 1.54) is 12.8 Å². The number of halogens is 4. The highest BCUT2D eigenvalue weighted by Crippen LogP contribution is 2.33. The van der Waals surface area contributed by atoms with Crippen LogP contribution in [0, 0.1) is 0 Å². The molecule has 0 spiro atoms. The van der Waals surface area contributed by atoms with E-state index in [4.69, 9.17) is 11.6 Å². The van der Waals surface area contributed by atoms with E-state index in [1.54, 1.807) is 0 Å². The Labute approximate surface area is 151 Å². The fraction of sp³-hybridized carbons (Fsp3) is 0.625. The van der Waals surface area contributed by atoms with Crippen LogP contribution in [0.4, 0.5) is 13.2 Å². The minimum Gasteiger partial charge on any atom is -0.303 e. The summed E-state index contributed by atoms with van der Waals surface area (Å²) in [6.07, 6.45) is 0.697. The molecule has 0 amide bonds. The van der Waals surface area contributed by atoms with E-state index in [-0.39, 0.29) is 11.6 Å². The predicted molar refractivity (Wildman–Crippen MR) is 91.2 cm³/mol. The molecular weight excluding hydrogens is 377 g/mol. The van der Waals surface area contributed by atoms with Gasteiger partial charge in [-0.2, -0.15) is 13.2 Å². The van der Waals surface area contributed by atoms with E-state index in [1.807, 2.05) is 0 Å². The number of alkyl halides is 3. The van der Waals surface area contributed by atoms with Gasteiger partial charge in [-0.05, 0) is 57.1 Å². The second-order valence-electron chi connectivity index (χ2n) is 6.15. The van der Waals surface area contributed by atoms with E-state index >= 15 is 0 Å². The Balaban J connectivity index is 1.95. The van der Waals surface area contributed by atoms with Crippen LogP contribution in [0.5, 0.6) is 0 Å². The van der Waals surface area contributed by atoms with E-state index < -0.39 is 26.7 Å². The highest BCUT2D eigenvalue weighted by molar-refractivity contribution is 7.89. The van der Waals surface area contributed by atoms with Crippen LogP contribution in [-0.2, 0) is 16.2 Å². The predicted octanol–water partition coefficient (Wildman–Crippen LogP) is 3.90. The van der Waals surface area contributed by atoms with Crippen LogP contribution in [0.3, 0.4) is 0 Å². The van der Waals surface area contributed by atoms with Crippen LogP contribution in [0.15, 0.2) is 23.1 Å². The molecule has 1 saturated heterocycles. The molecule has 142 valence electrons. The fourth-order valence-electron chi connectivity index (χ4n) is 2.83. The molecular formula is C16H22ClF3N2O2S. The van der Waals surface area contributed by atoms with Gasteiger partial charge in [0.05, 0.1) is 10.6 Å². The standard InChI is InChI=1S/C16H22ClF3N2O2S/c17-14-7-6-13(16(18,19)20)12-15(14)25(23,24)21-8-5-11-22-9-3-1-2-4-10-22/h6-7,12,21H,1-5,8-11H2. The molecule has 0 aromatic heterocycles. The first-order valence-electron chi connectivity index (χ1n) is 8.29. The van der Waals surface area contributed by atoms with Gasteiger partial charge in [-0.15, -0.1) is 0 Å². The van der Waals surface area contributed by atoms with Crippen molar-refractivity contribution in [2.75, 3.05) is 26.2 Å². The second-order valence-corrected chi connectivity index (χ2v) is 8.29. The molecule has 0 radical (unpaired) electrons. The molecule has 1 aliphatic rings. The van der Waals surface area contributed by atoms with Crippen LogP contribution >= 0.6 is 11.6 Å². The van der Waals surface area contributed by atoms with Gasteiger partial charge in [0.25, 0.3) is 0 Å². The van der Waals surface area contributed by atoms with Gasteiger partial charge in [-0.3, -0.25) is 0 Å². The van der Waals surface area contributed by atoms with Crippen molar-refractivity contribution in [2.24, 2.45) is 0 Å². The summed E-state index contributed by atoms with van der Waals surface area (Å²) in [7, 11) is -4.08. The molecule has 4 nitrogen and oxygen atoms in total. The lowest BCUT2D eigenvalue weighted by molar-refractivity contribution is -0.137. The van der Waals surface area contributed by atoms with E-state index in [0.717, 1.165) is 44.6 Å². The summed E-state index contributed by atoms with van der Waals surface area (Å²) in [5.74, 6) is 0. The molecule has 1 aromatic carbocycles. The number of sulfonamides is 1. The maximum atomic E-state index is 12.8. The van der Waals surface area contributed by atoms with Gasteiger partial charge in [-0.1, -0.05) is 24.4 Å². The molecule has 1 aromatic rings. The van der Waals surface area contributed by atoms with Crippen LogP contribution in [0.1, 0.15) is 37.7 Å². The lowest BCUT2D eigenvalue weighted by Gasteiger charge is -2.19. The van der Waals surface area contributed by atoms with Crippen molar-refractivity contribution in [1.82, 2.24) is 9.62 Å². The van der Waals surface area contributed by atoms with Gasteiger partial charge in [-0.25, -0.2) is 13.1 Å². The summed E-state index contributed by atoms with van der Waals surface area (Å²) < 4.78 is 65.2. The molecule has 25 heavy (non-hydrogen) atoms. The Hall–Kier alpha value is -0.830. The van der Waals surface area contributed by atoms with Crippen molar-refractivity contribution >= 4 is 21.6 Å². The monoisotopic (exact) mass is 398 g/mol. The van der Waals surface area contributed by atoms with Crippen molar-refractivity contribution in [3.05, 3.63) is 28.8 Å². The van der Waals surface area contributed by atoms with Gasteiger partial charge in [0.1, 0.15) is 4.90 Å². The summed E-state index contributed by atoms with van der Waals surface area (Å²) in [6.45, 7) is 2.93. The van der Waals surface area contributed by atoms with Crippen LogP contribution in [0.2, 0.25) is 5.02 Å². The summed E-state index contributed by atoms with van der Waals surface area (Å²) in [5.41, 5.74) is -1.04. The minimum atomic E-state index is -4.62. The largest absolute Gasteiger partial charge is 0.416 e. The second kappa shape index (κ2) is 8.70. The first-order valence-corrected chi connectivity index (χ1v) is 10.1. The molecule has 1 heterocycles. The third kappa shape index (κ3) is 6.13. The zero-order valence-electron chi connectivity index (χ0n) is 13.8. The lowest BCUT2D eigenvalue weighted by Crippen LogP contribution is -2.31. The number of rotatable bonds is 6. The molecule has 1 aliphatic heterocycles. The van der Waals surface area contributed by atoms with E-state index in [0.29, 0.717) is 12.5 Å². The minimum absolute atomic E-state index is 0.158. The topological polar surface area (TPSA) is 49.4 Å². The molecule has 1 fully saturated rings. The van der Waals surface area contributed by atoms with Crippen molar-refractivity contribution < 1.29 is 21.6 Å². The summed E-state index contributed by atoms with van der Waals surface area (Å²) >= 11 is 5.79. The smallest absolute Gasteiger partial charge is 0.303 e. The number of benzene rings is 1. The Morgan fingerprint density at radius 3 is 2.36 bits per heavy atom. The highest BCUT2D eigenvalue weighted by atomic mass is 35.5. The number of hydrogen-bond acceptors (Lipinski definition) is 3. The lowest BCUT2D eigenvalue weighted by atomic mass is 10.2. The molecule has 9 heteroatoms. The van der Waals surface area contributed by atoms with Gasteiger partial charge in [0, 0.05) is 6.54 Å². The van der Waals surface area contributed by atoms with Crippen molar-refractivity contribution in [1.29, 1.82) is 0 Å². The first-order chi connectivity index (χ1) is 11.7. The van der Waals surface area contributed by atoms with E-state index in [9.17, 15) is 21.6 Å². The first kappa shape index (κ1) is 20.5. The molecule has 0 bridgehead atoms. The maximum absolute atomic E-state index is 12.8. The van der Waals surface area contributed by atoms with Gasteiger partial charge in [0.2, 0.25) is 10.0 Å². The SMILES string of the molecule is O=S(=O)(NCCCN1CCCCCC1)c1cc(C(F)(F)F)ccc1Cl. The Morgan fingerprint density at radius 1 is 1.12 bits per heavy atom. The van der Waals surface area contributed by atoms with Crippen molar-refractivity contribution in [3.8, 4) is 0 Å². The molecule has 0 aliphatic carbocycles. The quantitative estimate of drug-likeness (QED) is 0.739. The fourth-order valence-corrected chi connectivity index (χ4v) is 4.43. The normalized spacial score (nSPS) is 17.4. The highest BCUT2D eigenvalue weighted by Gasteiger charge is 2.32. The third-order valence-corrected chi connectivity index (χ3v) is 6.13. The molecule has 0 saturated carbocycles. The molecule has 1 N–H and O–H groups in total. The Bertz CT molecular complexity index is 672. The summed E-state index contributed by atoms with van der Waals surface area (Å²) in [6, 6.07) is 2.29. The molecule has 0 atom stereocenters. The number of hydrogen-bond donors (Lipinski definition) is 1. The third-order valence-electron chi connectivity index (χ3n) is 4.19. The van der Waals surface area contributed by atoms with Gasteiger partial charge in [0.15, 0.2) is 0 Å². The molecule has 2 rings (SSSR count). The van der Waals surface area contributed by atoms with Crippen LogP contribution in [0.25, 0.3) is 0 Å². The van der Waals surface area contributed by atoms with Gasteiger partial charge >= 0.3 is 6.18 Å². The number of nitrogens with one attached hydrogen (secondary N) is 1. The Kier molecular flexibility index (Phi) is 7.13. The number of likely N-dealkylation sites (tertiary alicyclic amines) is 1.